The van der Waals surface area contributed by atoms with Crippen molar-refractivity contribution >= 4 is 34.9 Å². The third-order valence-electron chi connectivity index (χ3n) is 2.70. The molecule has 0 spiro atoms. The van der Waals surface area contributed by atoms with Gasteiger partial charge in [-0.3, -0.25) is 0 Å². The molecule has 6 heteroatoms. The summed E-state index contributed by atoms with van der Waals surface area (Å²) in [6.45, 7) is 0. The van der Waals surface area contributed by atoms with E-state index in [1.54, 1.807) is 6.07 Å². The van der Waals surface area contributed by atoms with Gasteiger partial charge in [0.25, 0.3) is 0 Å². The van der Waals surface area contributed by atoms with Crippen LogP contribution in [0.3, 0.4) is 0 Å². The largest absolute Gasteiger partial charge is 0.206 e. The zero-order chi connectivity index (χ0) is 15.6. The minimum atomic E-state index is -0.878. The van der Waals surface area contributed by atoms with Crippen LogP contribution in [0.5, 0.6) is 0 Å². The number of hydrogen-bond acceptors (Lipinski definition) is 1. The van der Waals surface area contributed by atoms with Crippen LogP contribution in [0.15, 0.2) is 30.3 Å². The molecule has 0 aliphatic rings. The first-order valence-electron chi connectivity index (χ1n) is 5.64. The predicted octanol–water partition coefficient (Wildman–Crippen LogP) is 5.47. The number of hydrogen-bond donors (Lipinski definition) is 0. The Morgan fingerprint density at radius 3 is 2.43 bits per heavy atom. The van der Waals surface area contributed by atoms with E-state index in [0.29, 0.717) is 0 Å². The Kier molecular flexibility index (Phi) is 4.56. The topological polar surface area (TPSA) is 23.8 Å². The lowest BCUT2D eigenvalue weighted by Gasteiger charge is -2.05. The van der Waals surface area contributed by atoms with E-state index >= 15 is 0 Å². The summed E-state index contributed by atoms with van der Waals surface area (Å²) in [4.78, 5) is 0. The lowest BCUT2D eigenvalue weighted by atomic mass is 10.0. The molecule has 0 atom stereocenters. The molecule has 2 aromatic rings. The van der Waals surface area contributed by atoms with Crippen LogP contribution < -0.4 is 0 Å². The van der Waals surface area contributed by atoms with Gasteiger partial charge in [0.1, 0.15) is 17.5 Å². The molecule has 0 heterocycles. The molecule has 0 unspecified atom stereocenters. The van der Waals surface area contributed by atoms with E-state index in [1.165, 1.54) is 18.2 Å². The van der Waals surface area contributed by atoms with Crippen molar-refractivity contribution in [2.24, 2.45) is 0 Å². The third-order valence-corrected chi connectivity index (χ3v) is 3.28. The molecule has 0 saturated carbocycles. The molecule has 106 valence electrons. The summed E-state index contributed by atoms with van der Waals surface area (Å²) < 4.78 is 41.0. The smallest absolute Gasteiger partial charge is 0.149 e. The number of allylic oxidation sites excluding steroid dienone is 1. The van der Waals surface area contributed by atoms with E-state index in [2.05, 4.69) is 0 Å². The van der Waals surface area contributed by atoms with Crippen molar-refractivity contribution in [3.63, 3.8) is 0 Å². The second-order valence-corrected chi connectivity index (χ2v) is 4.87. The maximum Gasteiger partial charge on any atom is 0.149 e. The summed E-state index contributed by atoms with van der Waals surface area (Å²) >= 11 is 11.1. The molecule has 2 aromatic carbocycles. The molecule has 0 aromatic heterocycles. The van der Waals surface area contributed by atoms with Gasteiger partial charge in [-0.1, -0.05) is 35.3 Å². The Morgan fingerprint density at radius 2 is 1.76 bits per heavy atom. The van der Waals surface area contributed by atoms with E-state index in [-0.39, 0.29) is 21.7 Å². The number of nitriles is 1. The van der Waals surface area contributed by atoms with Crippen LogP contribution in [0, 0.1) is 28.8 Å². The lowest BCUT2D eigenvalue weighted by Crippen LogP contribution is -1.92. The first kappa shape index (κ1) is 15.4. The zero-order valence-corrected chi connectivity index (χ0v) is 11.8. The number of rotatable bonds is 2. The van der Waals surface area contributed by atoms with E-state index in [1.807, 2.05) is 0 Å². The van der Waals surface area contributed by atoms with E-state index in [9.17, 15) is 13.2 Å². The predicted molar refractivity (Wildman–Crippen MR) is 76.3 cm³/mol. The molecule has 0 N–H and O–H groups in total. The van der Waals surface area contributed by atoms with Gasteiger partial charge >= 0.3 is 0 Å². The van der Waals surface area contributed by atoms with Crippen molar-refractivity contribution in [2.75, 3.05) is 0 Å². The van der Waals surface area contributed by atoms with Gasteiger partial charge in [0, 0.05) is 11.1 Å². The van der Waals surface area contributed by atoms with Crippen molar-refractivity contribution in [1.82, 2.24) is 0 Å². The molecule has 0 aliphatic heterocycles. The summed E-state index contributed by atoms with van der Waals surface area (Å²) in [5, 5.41) is 8.55. The average molecular weight is 328 g/mol. The maximum absolute atomic E-state index is 13.8. The summed E-state index contributed by atoms with van der Waals surface area (Å²) in [5.74, 6) is -2.50. The van der Waals surface area contributed by atoms with Crippen molar-refractivity contribution in [3.8, 4) is 6.07 Å². The highest BCUT2D eigenvalue weighted by atomic mass is 35.5. The van der Waals surface area contributed by atoms with Crippen molar-refractivity contribution < 1.29 is 13.2 Å². The fourth-order valence-electron chi connectivity index (χ4n) is 1.69. The lowest BCUT2D eigenvalue weighted by molar-refractivity contribution is 0.598. The first-order chi connectivity index (χ1) is 9.93. The molecule has 0 bridgehead atoms. The third kappa shape index (κ3) is 3.21. The van der Waals surface area contributed by atoms with Gasteiger partial charge in [-0.25, -0.2) is 13.2 Å². The molecule has 2 rings (SSSR count). The summed E-state index contributed by atoms with van der Waals surface area (Å²) in [5.41, 5.74) is -0.559. The van der Waals surface area contributed by atoms with Gasteiger partial charge in [-0.05, 0) is 24.3 Å². The van der Waals surface area contributed by atoms with Crippen LogP contribution in [-0.2, 0) is 0 Å². The highest BCUT2D eigenvalue weighted by Crippen LogP contribution is 2.27. The standard InChI is InChI=1S/C15H6Cl2F3N/c16-11-3-1-2-8(15(11)20)4-9(7-21)10-5-14(19)12(17)6-13(10)18/h1-6H. The van der Waals surface area contributed by atoms with Crippen LogP contribution in [0.2, 0.25) is 10.0 Å². The Morgan fingerprint density at radius 1 is 1.05 bits per heavy atom. The summed E-state index contributed by atoms with van der Waals surface area (Å²) in [6.07, 6.45) is 1.09. The van der Waals surface area contributed by atoms with Crippen LogP contribution in [0.4, 0.5) is 13.2 Å². The van der Waals surface area contributed by atoms with Gasteiger partial charge in [0.2, 0.25) is 0 Å². The first-order valence-corrected chi connectivity index (χ1v) is 6.40. The van der Waals surface area contributed by atoms with Crippen molar-refractivity contribution in [2.45, 2.75) is 0 Å². The number of halogens is 5. The molecular formula is C15H6Cl2F3N. The van der Waals surface area contributed by atoms with Gasteiger partial charge < -0.3 is 0 Å². The van der Waals surface area contributed by atoms with Gasteiger partial charge in [-0.15, -0.1) is 0 Å². The van der Waals surface area contributed by atoms with E-state index < -0.39 is 22.5 Å². The Hall–Kier alpha value is -1.96. The van der Waals surface area contributed by atoms with Gasteiger partial charge in [0.05, 0.1) is 21.7 Å². The number of nitrogens with zero attached hydrogens (tertiary/aromatic N) is 1. The molecule has 1 nitrogen and oxygen atoms in total. The van der Waals surface area contributed by atoms with E-state index in [4.69, 9.17) is 28.5 Å². The quantitative estimate of drug-likeness (QED) is 0.407. The Labute approximate surface area is 128 Å². The Balaban J connectivity index is 2.60. The Bertz CT molecular complexity index is 779. The SMILES string of the molecule is N#CC(=Cc1cccc(Cl)c1F)c1cc(F)c(Cl)cc1F. The number of benzene rings is 2. The average Bonchev–Trinajstić information content (AvgIpc) is 2.45. The second-order valence-electron chi connectivity index (χ2n) is 4.06. The minimum Gasteiger partial charge on any atom is -0.206 e. The molecule has 0 aliphatic carbocycles. The molecular weight excluding hydrogens is 322 g/mol. The van der Waals surface area contributed by atoms with Crippen molar-refractivity contribution in [1.29, 1.82) is 5.26 Å². The van der Waals surface area contributed by atoms with Crippen LogP contribution in [0.1, 0.15) is 11.1 Å². The van der Waals surface area contributed by atoms with Crippen LogP contribution >= 0.6 is 23.2 Å². The fraction of sp³-hybridized carbons (Fsp3) is 0. The van der Waals surface area contributed by atoms with Gasteiger partial charge in [0.15, 0.2) is 0 Å². The molecule has 0 radical (unpaired) electrons. The van der Waals surface area contributed by atoms with Crippen LogP contribution in [0.25, 0.3) is 11.6 Å². The normalized spacial score (nSPS) is 11.3. The maximum atomic E-state index is 13.8. The van der Waals surface area contributed by atoms with Crippen molar-refractivity contribution in [3.05, 3.63) is 69.0 Å². The minimum absolute atomic E-state index is 0.00573. The molecule has 0 amide bonds. The monoisotopic (exact) mass is 327 g/mol. The summed E-state index contributed by atoms with van der Waals surface area (Å²) in [6, 6.07) is 7.42. The highest BCUT2D eigenvalue weighted by molar-refractivity contribution is 6.31. The van der Waals surface area contributed by atoms with Crippen LogP contribution in [-0.4, -0.2) is 0 Å². The van der Waals surface area contributed by atoms with E-state index in [0.717, 1.165) is 18.2 Å². The van der Waals surface area contributed by atoms with Gasteiger partial charge in [-0.2, -0.15) is 5.26 Å². The molecule has 0 fully saturated rings. The molecule has 0 saturated heterocycles. The molecule has 21 heavy (non-hydrogen) atoms. The second kappa shape index (κ2) is 6.21. The highest BCUT2D eigenvalue weighted by Gasteiger charge is 2.14. The summed E-state index contributed by atoms with van der Waals surface area (Å²) in [7, 11) is 0. The zero-order valence-electron chi connectivity index (χ0n) is 10.3. The fourth-order valence-corrected chi connectivity index (χ4v) is 2.02.